The summed E-state index contributed by atoms with van der Waals surface area (Å²) in [5, 5.41) is 14.6. The van der Waals surface area contributed by atoms with Gasteiger partial charge in [-0.2, -0.15) is 0 Å². The second kappa shape index (κ2) is 9.13. The second-order valence-corrected chi connectivity index (χ2v) is 7.91. The second-order valence-electron chi connectivity index (χ2n) is 7.47. The Morgan fingerprint density at radius 1 is 1.03 bits per heavy atom. The number of halogens is 1. The SMILES string of the molecule is CC(C)C(NC(=O)N1CCN(c2ccc([N+](=O)[O-])cc2)CC1)c1ccc(Cl)cc1. The van der Waals surface area contributed by atoms with Gasteiger partial charge in [-0.25, -0.2) is 4.79 Å². The lowest BCUT2D eigenvalue weighted by Gasteiger charge is -2.37. The van der Waals surface area contributed by atoms with Crippen LogP contribution in [0, 0.1) is 16.0 Å². The molecule has 29 heavy (non-hydrogen) atoms. The summed E-state index contributed by atoms with van der Waals surface area (Å²) in [4.78, 5) is 27.1. The van der Waals surface area contributed by atoms with Gasteiger partial charge in [0.05, 0.1) is 11.0 Å². The predicted octanol–water partition coefficient (Wildman–Crippen LogP) is 4.48. The van der Waals surface area contributed by atoms with Crippen molar-refractivity contribution in [2.45, 2.75) is 19.9 Å². The van der Waals surface area contributed by atoms with Crippen LogP contribution in [0.2, 0.25) is 5.02 Å². The molecule has 2 amide bonds. The van der Waals surface area contributed by atoms with Gasteiger partial charge in [-0.05, 0) is 35.7 Å². The van der Waals surface area contributed by atoms with Gasteiger partial charge in [-0.3, -0.25) is 10.1 Å². The molecule has 1 aliphatic heterocycles. The van der Waals surface area contributed by atoms with Crippen molar-refractivity contribution in [3.63, 3.8) is 0 Å². The number of urea groups is 1. The molecule has 0 saturated carbocycles. The molecule has 1 fully saturated rings. The Hall–Kier alpha value is -2.80. The summed E-state index contributed by atoms with van der Waals surface area (Å²) in [5.74, 6) is 0.238. The van der Waals surface area contributed by atoms with Crippen LogP contribution in [-0.4, -0.2) is 42.0 Å². The zero-order valence-corrected chi connectivity index (χ0v) is 17.3. The summed E-state index contributed by atoms with van der Waals surface area (Å²) in [6.45, 7) is 6.69. The third-order valence-corrected chi connectivity index (χ3v) is 5.42. The van der Waals surface area contributed by atoms with Gasteiger partial charge in [-0.15, -0.1) is 0 Å². The first-order valence-corrected chi connectivity index (χ1v) is 10.0. The number of carbonyl (C=O) groups is 1. The molecule has 0 radical (unpaired) electrons. The molecule has 7 nitrogen and oxygen atoms in total. The molecular weight excluding hydrogens is 392 g/mol. The van der Waals surface area contributed by atoms with Gasteiger partial charge in [0.15, 0.2) is 0 Å². The average molecular weight is 417 g/mol. The molecular formula is C21H25ClN4O3. The lowest BCUT2D eigenvalue weighted by atomic mass is 9.96. The quantitative estimate of drug-likeness (QED) is 0.575. The number of benzene rings is 2. The van der Waals surface area contributed by atoms with Gasteiger partial charge in [-0.1, -0.05) is 37.6 Å². The van der Waals surface area contributed by atoms with E-state index < -0.39 is 4.92 Å². The molecule has 3 rings (SSSR count). The van der Waals surface area contributed by atoms with Crippen LogP contribution in [0.4, 0.5) is 16.2 Å². The maximum absolute atomic E-state index is 12.8. The van der Waals surface area contributed by atoms with E-state index in [4.69, 9.17) is 11.6 Å². The van der Waals surface area contributed by atoms with Crippen molar-refractivity contribution in [2.75, 3.05) is 31.1 Å². The predicted molar refractivity (Wildman–Crippen MR) is 114 cm³/mol. The minimum Gasteiger partial charge on any atom is -0.368 e. The minimum atomic E-state index is -0.405. The Bertz CT molecular complexity index is 847. The first-order chi connectivity index (χ1) is 13.8. The van der Waals surface area contributed by atoms with E-state index >= 15 is 0 Å². The highest BCUT2D eigenvalue weighted by molar-refractivity contribution is 6.30. The van der Waals surface area contributed by atoms with E-state index in [9.17, 15) is 14.9 Å². The van der Waals surface area contributed by atoms with Gasteiger partial charge in [0.25, 0.3) is 5.69 Å². The number of non-ortho nitro benzene ring substituents is 1. The van der Waals surface area contributed by atoms with Crippen LogP contribution < -0.4 is 10.2 Å². The maximum Gasteiger partial charge on any atom is 0.318 e. The van der Waals surface area contributed by atoms with Crippen LogP contribution in [0.25, 0.3) is 0 Å². The number of nitrogens with zero attached hydrogens (tertiary/aromatic N) is 3. The summed E-state index contributed by atoms with van der Waals surface area (Å²) >= 11 is 5.98. The summed E-state index contributed by atoms with van der Waals surface area (Å²) in [7, 11) is 0. The Labute approximate surface area is 175 Å². The topological polar surface area (TPSA) is 78.7 Å². The molecule has 2 aromatic rings. The highest BCUT2D eigenvalue weighted by atomic mass is 35.5. The van der Waals surface area contributed by atoms with E-state index in [1.165, 1.54) is 12.1 Å². The normalized spacial score (nSPS) is 15.3. The number of hydrogen-bond donors (Lipinski definition) is 1. The van der Waals surface area contributed by atoms with Crippen molar-refractivity contribution < 1.29 is 9.72 Å². The largest absolute Gasteiger partial charge is 0.368 e. The number of nitro benzene ring substituents is 1. The third kappa shape index (κ3) is 5.17. The first-order valence-electron chi connectivity index (χ1n) is 9.65. The molecule has 1 heterocycles. The molecule has 8 heteroatoms. The standard InChI is InChI=1S/C21H25ClN4O3/c1-15(2)20(16-3-5-17(22)6-4-16)23-21(27)25-13-11-24(12-14-25)18-7-9-19(10-8-18)26(28)29/h3-10,15,20H,11-14H2,1-2H3,(H,23,27). The van der Waals surface area contributed by atoms with Crippen LogP contribution in [0.3, 0.4) is 0 Å². The van der Waals surface area contributed by atoms with Crippen molar-refractivity contribution in [3.8, 4) is 0 Å². The molecule has 154 valence electrons. The monoisotopic (exact) mass is 416 g/mol. The fraction of sp³-hybridized carbons (Fsp3) is 0.381. The Kier molecular flexibility index (Phi) is 6.59. The van der Waals surface area contributed by atoms with Crippen LogP contribution in [0.1, 0.15) is 25.5 Å². The maximum atomic E-state index is 12.8. The first kappa shape index (κ1) is 20.9. The Morgan fingerprint density at radius 3 is 2.14 bits per heavy atom. The lowest BCUT2D eigenvalue weighted by Crippen LogP contribution is -2.52. The smallest absolute Gasteiger partial charge is 0.318 e. The number of rotatable bonds is 5. The third-order valence-electron chi connectivity index (χ3n) is 5.17. The highest BCUT2D eigenvalue weighted by Crippen LogP contribution is 2.24. The summed E-state index contributed by atoms with van der Waals surface area (Å²) in [6.07, 6.45) is 0. The van der Waals surface area contributed by atoms with Crippen LogP contribution in [0.5, 0.6) is 0 Å². The van der Waals surface area contributed by atoms with Crippen LogP contribution >= 0.6 is 11.6 Å². The average Bonchev–Trinajstić information content (AvgIpc) is 2.72. The molecule has 0 bridgehead atoms. The van der Waals surface area contributed by atoms with Gasteiger partial charge in [0, 0.05) is 49.0 Å². The van der Waals surface area contributed by atoms with Crippen molar-refractivity contribution in [1.29, 1.82) is 0 Å². The molecule has 1 saturated heterocycles. The summed E-state index contributed by atoms with van der Waals surface area (Å²) < 4.78 is 0. The zero-order valence-electron chi connectivity index (χ0n) is 16.5. The number of nitrogens with one attached hydrogen (secondary N) is 1. The van der Waals surface area contributed by atoms with Crippen molar-refractivity contribution in [2.24, 2.45) is 5.92 Å². The van der Waals surface area contributed by atoms with E-state index in [1.54, 1.807) is 12.1 Å². The minimum absolute atomic E-state index is 0.0775. The molecule has 1 aliphatic rings. The van der Waals surface area contributed by atoms with Gasteiger partial charge in [0.1, 0.15) is 0 Å². The molecule has 1 atom stereocenters. The van der Waals surface area contributed by atoms with E-state index in [0.29, 0.717) is 31.2 Å². The van der Waals surface area contributed by atoms with E-state index in [-0.39, 0.29) is 23.7 Å². The molecule has 1 unspecified atom stereocenters. The van der Waals surface area contributed by atoms with Crippen LogP contribution in [-0.2, 0) is 0 Å². The fourth-order valence-corrected chi connectivity index (χ4v) is 3.61. The van der Waals surface area contributed by atoms with Gasteiger partial charge in [0.2, 0.25) is 0 Å². The number of hydrogen-bond acceptors (Lipinski definition) is 4. The number of anilines is 1. The molecule has 0 aromatic heterocycles. The Balaban J connectivity index is 1.58. The lowest BCUT2D eigenvalue weighted by molar-refractivity contribution is -0.384. The van der Waals surface area contributed by atoms with E-state index in [2.05, 4.69) is 24.1 Å². The number of carbonyl (C=O) groups excluding carboxylic acids is 1. The molecule has 1 N–H and O–H groups in total. The summed E-state index contributed by atoms with van der Waals surface area (Å²) in [6, 6.07) is 13.9. The molecule has 2 aromatic carbocycles. The van der Waals surface area contributed by atoms with E-state index in [1.807, 2.05) is 29.2 Å². The van der Waals surface area contributed by atoms with Gasteiger partial charge < -0.3 is 15.1 Å². The number of nitro groups is 1. The zero-order chi connectivity index (χ0) is 21.0. The summed E-state index contributed by atoms with van der Waals surface area (Å²) in [5.41, 5.74) is 2.04. The van der Waals surface area contributed by atoms with Crippen molar-refractivity contribution >= 4 is 29.0 Å². The Morgan fingerprint density at radius 2 is 1.62 bits per heavy atom. The highest BCUT2D eigenvalue weighted by Gasteiger charge is 2.25. The molecule has 0 aliphatic carbocycles. The fourth-order valence-electron chi connectivity index (χ4n) is 3.48. The van der Waals surface area contributed by atoms with Gasteiger partial charge >= 0.3 is 6.03 Å². The number of amides is 2. The van der Waals surface area contributed by atoms with Crippen molar-refractivity contribution in [3.05, 3.63) is 69.2 Å². The van der Waals surface area contributed by atoms with Crippen molar-refractivity contribution in [1.82, 2.24) is 10.2 Å². The van der Waals surface area contributed by atoms with Crippen LogP contribution in [0.15, 0.2) is 48.5 Å². The van der Waals surface area contributed by atoms with E-state index in [0.717, 1.165) is 11.3 Å². The number of piperazine rings is 1. The molecule has 0 spiro atoms.